The Morgan fingerprint density at radius 3 is 1.35 bits per heavy atom. The van der Waals surface area contributed by atoms with Gasteiger partial charge >= 0.3 is 11.9 Å². The normalized spacial score (nSPS) is 20.0. The van der Waals surface area contributed by atoms with E-state index >= 15 is 0 Å². The van der Waals surface area contributed by atoms with Crippen LogP contribution in [0, 0.1) is 11.8 Å². The van der Waals surface area contributed by atoms with Crippen LogP contribution in [0.5, 0.6) is 0 Å². The van der Waals surface area contributed by atoms with Gasteiger partial charge in [-0.1, -0.05) is 71.8 Å². The molecule has 2 aromatic carbocycles. The minimum absolute atomic E-state index is 0.295. The van der Waals surface area contributed by atoms with Gasteiger partial charge in [-0.2, -0.15) is 0 Å². The maximum absolute atomic E-state index is 11.6. The average Bonchev–Trinajstić information content (AvgIpc) is 2.64. The van der Waals surface area contributed by atoms with E-state index in [1.165, 1.54) is 0 Å². The summed E-state index contributed by atoms with van der Waals surface area (Å²) in [6.45, 7) is 0. The zero-order valence-electron chi connectivity index (χ0n) is 14.5. The predicted molar refractivity (Wildman–Crippen MR) is 98.8 cm³/mol. The summed E-state index contributed by atoms with van der Waals surface area (Å²) in [5, 5.41) is 19.1. The lowest BCUT2D eigenvalue weighted by molar-refractivity contribution is -0.154. The molecule has 0 amide bonds. The number of carbonyl (C=O) groups is 2. The molecule has 2 atom stereocenters. The van der Waals surface area contributed by atoms with E-state index in [1.807, 2.05) is 60.7 Å². The number of carboxylic acids is 2. The Labute approximate surface area is 152 Å². The summed E-state index contributed by atoms with van der Waals surface area (Å²) >= 11 is 0. The molecule has 134 valence electrons. The van der Waals surface area contributed by atoms with E-state index in [9.17, 15) is 19.8 Å². The molecule has 2 N–H and O–H groups in total. The first-order valence-electron chi connectivity index (χ1n) is 8.78. The molecule has 1 aliphatic carbocycles. The first kappa shape index (κ1) is 17.9. The molecule has 0 bridgehead atoms. The highest BCUT2D eigenvalue weighted by Crippen LogP contribution is 2.37. The maximum atomic E-state index is 11.6. The van der Waals surface area contributed by atoms with Gasteiger partial charge in [-0.3, -0.25) is 9.59 Å². The molecule has 4 heteroatoms. The van der Waals surface area contributed by atoms with Crippen LogP contribution in [-0.4, -0.2) is 22.2 Å². The van der Waals surface area contributed by atoms with Gasteiger partial charge in [0.15, 0.2) is 0 Å². The number of carboxylic acid groups (broad SMARTS) is 2. The van der Waals surface area contributed by atoms with Gasteiger partial charge in [-0.05, 0) is 36.8 Å². The Hall–Kier alpha value is -2.88. The van der Waals surface area contributed by atoms with Crippen LogP contribution >= 0.6 is 0 Å². The van der Waals surface area contributed by atoms with Crippen molar-refractivity contribution in [2.75, 3.05) is 0 Å². The van der Waals surface area contributed by atoms with Gasteiger partial charge in [0.25, 0.3) is 0 Å². The second-order valence-electron chi connectivity index (χ2n) is 6.83. The van der Waals surface area contributed by atoms with E-state index in [0.717, 1.165) is 22.3 Å². The quantitative estimate of drug-likeness (QED) is 0.773. The average molecular weight is 350 g/mol. The Balaban J connectivity index is 1.96. The first-order chi connectivity index (χ1) is 12.5. The summed E-state index contributed by atoms with van der Waals surface area (Å²) in [4.78, 5) is 23.3. The fourth-order valence-electron chi connectivity index (χ4n) is 3.70. The Morgan fingerprint density at radius 2 is 1.04 bits per heavy atom. The van der Waals surface area contributed by atoms with Crippen molar-refractivity contribution < 1.29 is 19.8 Å². The van der Waals surface area contributed by atoms with Gasteiger partial charge in [0.1, 0.15) is 0 Å². The molecule has 0 unspecified atom stereocenters. The molecule has 2 aromatic rings. The molecule has 0 spiro atoms. The molecule has 1 aliphatic rings. The minimum Gasteiger partial charge on any atom is -0.481 e. The third-order valence-electron chi connectivity index (χ3n) is 5.07. The summed E-state index contributed by atoms with van der Waals surface area (Å²) in [6, 6.07) is 19.8. The molecular weight excluding hydrogens is 328 g/mol. The third kappa shape index (κ3) is 4.20. The van der Waals surface area contributed by atoms with Gasteiger partial charge < -0.3 is 10.2 Å². The van der Waals surface area contributed by atoms with Crippen LogP contribution in [0.3, 0.4) is 0 Å². The molecule has 0 fully saturated rings. The van der Waals surface area contributed by atoms with Gasteiger partial charge in [0.2, 0.25) is 0 Å². The number of allylic oxidation sites excluding steroid dienone is 2. The fraction of sp³-hybridized carbons (Fsp3) is 0.273. The highest BCUT2D eigenvalue weighted by Gasteiger charge is 2.38. The van der Waals surface area contributed by atoms with Crippen molar-refractivity contribution in [3.05, 3.63) is 82.9 Å². The van der Waals surface area contributed by atoms with Crippen molar-refractivity contribution >= 4 is 11.9 Å². The standard InChI is InChI=1S/C22H22O4/c23-21(24)19-13-17(11-15-7-3-1-4-8-15)18(14-20(19)22(25)26)12-16-9-5-2-6-10-16/h1-10,19-20H,11-14H2,(H,23,24)(H,25,26)/t19-,20-/m1/s1. The summed E-state index contributed by atoms with van der Waals surface area (Å²) in [7, 11) is 0. The van der Waals surface area contributed by atoms with Gasteiger partial charge in [-0.15, -0.1) is 0 Å². The Kier molecular flexibility index (Phi) is 5.52. The van der Waals surface area contributed by atoms with Crippen LogP contribution in [0.1, 0.15) is 24.0 Å². The highest BCUT2D eigenvalue weighted by molar-refractivity contribution is 5.81. The number of rotatable bonds is 6. The van der Waals surface area contributed by atoms with E-state index in [2.05, 4.69) is 0 Å². The van der Waals surface area contributed by atoms with Crippen LogP contribution in [0.2, 0.25) is 0 Å². The largest absolute Gasteiger partial charge is 0.481 e. The third-order valence-corrected chi connectivity index (χ3v) is 5.07. The van der Waals surface area contributed by atoms with Crippen LogP contribution in [0.25, 0.3) is 0 Å². The molecule has 0 heterocycles. The number of aliphatic carboxylic acids is 2. The van der Waals surface area contributed by atoms with Crippen molar-refractivity contribution in [3.8, 4) is 0 Å². The lowest BCUT2D eigenvalue weighted by Crippen LogP contribution is -2.34. The van der Waals surface area contributed by atoms with E-state index in [-0.39, 0.29) is 0 Å². The Morgan fingerprint density at radius 1 is 0.692 bits per heavy atom. The van der Waals surface area contributed by atoms with Crippen LogP contribution < -0.4 is 0 Å². The molecule has 0 saturated carbocycles. The summed E-state index contributed by atoms with van der Waals surface area (Å²) < 4.78 is 0. The predicted octanol–water partition coefficient (Wildman–Crippen LogP) is 3.96. The summed E-state index contributed by atoms with van der Waals surface area (Å²) in [5.74, 6) is -3.79. The topological polar surface area (TPSA) is 74.6 Å². The minimum atomic E-state index is -1.03. The number of hydrogen-bond donors (Lipinski definition) is 2. The second kappa shape index (κ2) is 8.00. The van der Waals surface area contributed by atoms with Crippen LogP contribution in [0.4, 0.5) is 0 Å². The van der Waals surface area contributed by atoms with Gasteiger partial charge in [-0.25, -0.2) is 0 Å². The zero-order valence-corrected chi connectivity index (χ0v) is 14.5. The van der Waals surface area contributed by atoms with Gasteiger partial charge in [0.05, 0.1) is 11.8 Å². The first-order valence-corrected chi connectivity index (χ1v) is 8.78. The summed E-state index contributed by atoms with van der Waals surface area (Å²) in [5.41, 5.74) is 4.35. The molecule has 0 aromatic heterocycles. The SMILES string of the molecule is O=C(O)[C@@H]1CC(Cc2ccccc2)=C(Cc2ccccc2)C[C@H]1C(=O)O. The van der Waals surface area contributed by atoms with E-state index in [4.69, 9.17) is 0 Å². The number of hydrogen-bond acceptors (Lipinski definition) is 2. The van der Waals surface area contributed by atoms with E-state index in [1.54, 1.807) is 0 Å². The van der Waals surface area contributed by atoms with Crippen LogP contribution in [0.15, 0.2) is 71.8 Å². The van der Waals surface area contributed by atoms with Crippen molar-refractivity contribution in [2.24, 2.45) is 11.8 Å². The van der Waals surface area contributed by atoms with Crippen molar-refractivity contribution in [3.63, 3.8) is 0 Å². The summed E-state index contributed by atoms with van der Waals surface area (Å²) in [6.07, 6.45) is 1.92. The molecule has 0 aliphatic heterocycles. The van der Waals surface area contributed by atoms with Gasteiger partial charge in [0, 0.05) is 0 Å². The lowest BCUT2D eigenvalue weighted by atomic mass is 9.73. The molecule has 3 rings (SSSR count). The van der Waals surface area contributed by atoms with E-state index in [0.29, 0.717) is 25.7 Å². The lowest BCUT2D eigenvalue weighted by Gasteiger charge is -2.30. The molecule has 26 heavy (non-hydrogen) atoms. The second-order valence-corrected chi connectivity index (χ2v) is 6.83. The smallest absolute Gasteiger partial charge is 0.307 e. The molecular formula is C22H22O4. The molecule has 0 saturated heterocycles. The molecule has 4 nitrogen and oxygen atoms in total. The maximum Gasteiger partial charge on any atom is 0.307 e. The van der Waals surface area contributed by atoms with Crippen molar-refractivity contribution in [1.29, 1.82) is 0 Å². The van der Waals surface area contributed by atoms with Crippen molar-refractivity contribution in [2.45, 2.75) is 25.7 Å². The zero-order chi connectivity index (χ0) is 18.5. The fourth-order valence-corrected chi connectivity index (χ4v) is 3.70. The van der Waals surface area contributed by atoms with Crippen LogP contribution in [-0.2, 0) is 22.4 Å². The Bertz CT molecular complexity index is 739. The molecule has 0 radical (unpaired) electrons. The van der Waals surface area contributed by atoms with E-state index < -0.39 is 23.8 Å². The van der Waals surface area contributed by atoms with Crippen molar-refractivity contribution in [1.82, 2.24) is 0 Å². The highest BCUT2D eigenvalue weighted by atomic mass is 16.4. The monoisotopic (exact) mass is 350 g/mol. The number of benzene rings is 2.